The van der Waals surface area contributed by atoms with E-state index >= 15 is 0 Å². The number of hydrogen-bond donors (Lipinski definition) is 2. The second kappa shape index (κ2) is 10.3. The number of alkyl carbamates (subject to hydrolysis) is 1. The highest BCUT2D eigenvalue weighted by molar-refractivity contribution is 5.87. The smallest absolute Gasteiger partial charge is 0.407 e. The lowest BCUT2D eigenvalue weighted by Crippen LogP contribution is -2.56. The van der Waals surface area contributed by atoms with E-state index in [1.807, 2.05) is 31.2 Å². The Morgan fingerprint density at radius 2 is 1.71 bits per heavy atom. The van der Waals surface area contributed by atoms with E-state index in [4.69, 9.17) is 4.74 Å². The second-order valence-corrected chi connectivity index (χ2v) is 9.17. The van der Waals surface area contributed by atoms with Crippen molar-refractivity contribution in [2.75, 3.05) is 13.2 Å². The Morgan fingerprint density at radius 1 is 1.09 bits per heavy atom. The lowest BCUT2D eigenvalue weighted by atomic mass is 9.89. The number of ether oxygens (including phenoxy) is 1. The van der Waals surface area contributed by atoms with Gasteiger partial charge in [-0.2, -0.15) is 0 Å². The number of hydrogen-bond acceptors (Lipinski definition) is 4. The molecule has 1 saturated heterocycles. The molecule has 1 aliphatic heterocycles. The molecule has 4 rings (SSSR count). The summed E-state index contributed by atoms with van der Waals surface area (Å²) in [6, 6.07) is 15.1. The number of piperidine rings is 1. The molecule has 0 bridgehead atoms. The number of carboxylic acid groups (broad SMARTS) is 1. The number of fused-ring (bicyclic) bond motifs is 3. The number of amides is 2. The van der Waals surface area contributed by atoms with Gasteiger partial charge in [0.25, 0.3) is 0 Å². The van der Waals surface area contributed by atoms with Gasteiger partial charge < -0.3 is 20.1 Å². The van der Waals surface area contributed by atoms with Crippen molar-refractivity contribution in [2.45, 2.75) is 57.5 Å². The highest BCUT2D eigenvalue weighted by atomic mass is 16.5. The summed E-state index contributed by atoms with van der Waals surface area (Å²) >= 11 is 0. The van der Waals surface area contributed by atoms with Crippen LogP contribution in [0.15, 0.2) is 48.5 Å². The van der Waals surface area contributed by atoms with Crippen LogP contribution in [0.1, 0.15) is 56.6 Å². The molecule has 3 atom stereocenters. The zero-order chi connectivity index (χ0) is 24.2. The molecular weight excluding hydrogens is 432 g/mol. The molecule has 180 valence electrons. The number of nitrogens with zero attached hydrogens (tertiary/aromatic N) is 1. The molecule has 1 aliphatic carbocycles. The maximum atomic E-state index is 13.3. The van der Waals surface area contributed by atoms with E-state index in [0.717, 1.165) is 22.3 Å². The number of rotatable bonds is 7. The van der Waals surface area contributed by atoms with Gasteiger partial charge in [0.1, 0.15) is 12.6 Å². The Balaban J connectivity index is 1.42. The van der Waals surface area contributed by atoms with E-state index in [9.17, 15) is 19.5 Å². The average molecular weight is 465 g/mol. The first-order chi connectivity index (χ1) is 16.4. The summed E-state index contributed by atoms with van der Waals surface area (Å²) in [7, 11) is 0. The Kier molecular flexibility index (Phi) is 7.20. The van der Waals surface area contributed by atoms with Crippen molar-refractivity contribution in [1.29, 1.82) is 0 Å². The third-order valence-corrected chi connectivity index (χ3v) is 7.10. The van der Waals surface area contributed by atoms with E-state index in [1.54, 1.807) is 11.8 Å². The molecule has 34 heavy (non-hydrogen) atoms. The molecule has 0 aromatic heterocycles. The third kappa shape index (κ3) is 4.65. The largest absolute Gasteiger partial charge is 0.481 e. The standard InChI is InChI=1S/C27H32N2O5/c1-3-9-24(25(30)29-15-8-14-18(17(29)2)26(31)32)28-27(33)34-16-23-21-12-6-4-10-19(21)20-11-5-7-13-22(20)23/h4-7,10-13,17-18,23-24H,3,8-9,14-16H2,1-2H3,(H,28,33)(H,31,32)/t17?,18?,24-/m0/s1. The zero-order valence-electron chi connectivity index (χ0n) is 19.7. The van der Waals surface area contributed by atoms with Gasteiger partial charge in [-0.05, 0) is 48.4 Å². The minimum absolute atomic E-state index is 0.0584. The van der Waals surface area contributed by atoms with Gasteiger partial charge in [-0.1, -0.05) is 61.9 Å². The van der Waals surface area contributed by atoms with E-state index in [2.05, 4.69) is 29.6 Å². The Hall–Kier alpha value is -3.35. The maximum absolute atomic E-state index is 13.3. The van der Waals surface area contributed by atoms with Gasteiger partial charge in [0.15, 0.2) is 0 Å². The monoisotopic (exact) mass is 464 g/mol. The van der Waals surface area contributed by atoms with Crippen LogP contribution in [0.25, 0.3) is 11.1 Å². The number of likely N-dealkylation sites (tertiary alicyclic amines) is 1. The van der Waals surface area contributed by atoms with E-state index in [1.165, 1.54) is 0 Å². The summed E-state index contributed by atoms with van der Waals surface area (Å²) in [6.07, 6.45) is 1.72. The van der Waals surface area contributed by atoms with Crippen LogP contribution in [0.4, 0.5) is 4.79 Å². The van der Waals surface area contributed by atoms with Crippen LogP contribution < -0.4 is 5.32 Å². The highest BCUT2D eigenvalue weighted by Crippen LogP contribution is 2.44. The molecule has 2 amide bonds. The summed E-state index contributed by atoms with van der Waals surface area (Å²) in [5.74, 6) is -1.78. The predicted molar refractivity (Wildman–Crippen MR) is 128 cm³/mol. The van der Waals surface area contributed by atoms with Gasteiger partial charge in [0.2, 0.25) is 5.91 Å². The fraction of sp³-hybridized carbons (Fsp3) is 0.444. The van der Waals surface area contributed by atoms with Gasteiger partial charge in [0.05, 0.1) is 5.92 Å². The van der Waals surface area contributed by atoms with Crippen LogP contribution >= 0.6 is 0 Å². The Bertz CT molecular complexity index is 1020. The molecule has 2 aromatic rings. The van der Waals surface area contributed by atoms with Crippen molar-refractivity contribution in [3.8, 4) is 11.1 Å². The summed E-state index contributed by atoms with van der Waals surface area (Å²) in [5, 5.41) is 12.2. The SMILES string of the molecule is CCC[C@H](NC(=O)OCC1c2ccccc2-c2ccccc21)C(=O)N1CCCC(C(=O)O)C1C. The fourth-order valence-electron chi connectivity index (χ4n) is 5.31. The van der Waals surface area contributed by atoms with Gasteiger partial charge in [-0.3, -0.25) is 9.59 Å². The quantitative estimate of drug-likeness (QED) is 0.633. The van der Waals surface area contributed by atoms with Gasteiger partial charge in [-0.25, -0.2) is 4.79 Å². The highest BCUT2D eigenvalue weighted by Gasteiger charge is 2.38. The van der Waals surface area contributed by atoms with Gasteiger partial charge in [0, 0.05) is 18.5 Å². The minimum Gasteiger partial charge on any atom is -0.481 e. The molecule has 1 fully saturated rings. The summed E-state index contributed by atoms with van der Waals surface area (Å²) in [4.78, 5) is 39.2. The lowest BCUT2D eigenvalue weighted by molar-refractivity contribution is -0.149. The molecule has 2 unspecified atom stereocenters. The van der Waals surface area contributed by atoms with Gasteiger partial charge >= 0.3 is 12.1 Å². The Morgan fingerprint density at radius 3 is 2.29 bits per heavy atom. The molecule has 7 heteroatoms. The molecule has 0 spiro atoms. The summed E-state index contributed by atoms with van der Waals surface area (Å²) in [6.45, 7) is 4.38. The van der Waals surface area contributed by atoms with Gasteiger partial charge in [-0.15, -0.1) is 0 Å². The molecule has 2 N–H and O–H groups in total. The number of carbonyl (C=O) groups excluding carboxylic acids is 2. The number of carboxylic acids is 1. The van der Waals surface area contributed by atoms with Crippen LogP contribution in [0, 0.1) is 5.92 Å². The van der Waals surface area contributed by atoms with Crippen molar-refractivity contribution in [1.82, 2.24) is 10.2 Å². The third-order valence-electron chi connectivity index (χ3n) is 7.10. The normalized spacial score (nSPS) is 20.2. The maximum Gasteiger partial charge on any atom is 0.407 e. The van der Waals surface area contributed by atoms with Crippen LogP contribution in [-0.2, 0) is 14.3 Å². The zero-order valence-corrected chi connectivity index (χ0v) is 19.7. The van der Waals surface area contributed by atoms with E-state index in [0.29, 0.717) is 32.2 Å². The van der Waals surface area contributed by atoms with Crippen molar-refractivity contribution < 1.29 is 24.2 Å². The fourth-order valence-corrected chi connectivity index (χ4v) is 5.31. The van der Waals surface area contributed by atoms with Crippen molar-refractivity contribution >= 4 is 18.0 Å². The molecule has 7 nitrogen and oxygen atoms in total. The number of carbonyl (C=O) groups is 3. The summed E-state index contributed by atoms with van der Waals surface area (Å²) < 4.78 is 5.63. The lowest BCUT2D eigenvalue weighted by Gasteiger charge is -2.39. The second-order valence-electron chi connectivity index (χ2n) is 9.17. The minimum atomic E-state index is -0.887. The first-order valence-electron chi connectivity index (χ1n) is 12.1. The number of benzene rings is 2. The number of aliphatic carboxylic acids is 1. The molecule has 0 saturated carbocycles. The van der Waals surface area contributed by atoms with Crippen molar-refractivity contribution in [3.63, 3.8) is 0 Å². The van der Waals surface area contributed by atoms with Crippen LogP contribution in [-0.4, -0.2) is 53.2 Å². The first-order valence-corrected chi connectivity index (χ1v) is 12.1. The predicted octanol–water partition coefficient (Wildman–Crippen LogP) is 4.41. The molecular formula is C27H32N2O5. The molecule has 1 heterocycles. The molecule has 2 aliphatic rings. The van der Waals surface area contributed by atoms with E-state index in [-0.39, 0.29) is 18.4 Å². The summed E-state index contributed by atoms with van der Waals surface area (Å²) in [5.41, 5.74) is 4.55. The molecule has 2 aromatic carbocycles. The van der Waals surface area contributed by atoms with Crippen LogP contribution in [0.5, 0.6) is 0 Å². The van der Waals surface area contributed by atoms with Crippen molar-refractivity contribution in [2.24, 2.45) is 5.92 Å². The van der Waals surface area contributed by atoms with Crippen LogP contribution in [0.3, 0.4) is 0 Å². The first kappa shape index (κ1) is 23.8. The van der Waals surface area contributed by atoms with Crippen LogP contribution in [0.2, 0.25) is 0 Å². The topological polar surface area (TPSA) is 95.9 Å². The number of nitrogens with one attached hydrogen (secondary N) is 1. The average Bonchev–Trinajstić information content (AvgIpc) is 3.16. The Labute approximate surface area is 200 Å². The molecule has 0 radical (unpaired) electrons. The van der Waals surface area contributed by atoms with Crippen molar-refractivity contribution in [3.05, 3.63) is 59.7 Å². The van der Waals surface area contributed by atoms with E-state index < -0.39 is 30.1 Å².